The van der Waals surface area contributed by atoms with Crippen LogP contribution in [0.2, 0.25) is 5.02 Å². The van der Waals surface area contributed by atoms with Crippen LogP contribution in [-0.4, -0.2) is 25.0 Å². The monoisotopic (exact) mass is 210 g/mol. The number of rotatable bonds is 1. The molecular weight excluding hydrogens is 204 g/mol. The molecule has 14 heavy (non-hydrogen) atoms. The summed E-state index contributed by atoms with van der Waals surface area (Å²) in [6.45, 7) is 0. The number of halogens is 1. The second-order valence-corrected chi connectivity index (χ2v) is 3.02. The third kappa shape index (κ3) is 1.39. The van der Waals surface area contributed by atoms with Crippen LogP contribution in [0.15, 0.2) is 12.5 Å². The molecule has 0 aliphatic rings. The first-order valence-corrected chi connectivity index (χ1v) is 4.19. The van der Waals surface area contributed by atoms with E-state index in [1.165, 1.54) is 11.1 Å². The molecule has 0 atom stereocenters. The Kier molecular flexibility index (Phi) is 2.05. The zero-order chi connectivity index (χ0) is 10.1. The van der Waals surface area contributed by atoms with Crippen LogP contribution in [0.4, 0.5) is 5.82 Å². The molecule has 2 aromatic rings. The smallest absolute Gasteiger partial charge is 0.146 e. The maximum absolute atomic E-state index is 5.91. The summed E-state index contributed by atoms with van der Waals surface area (Å²) in [6.07, 6.45) is 2.90. The zero-order valence-corrected chi connectivity index (χ0v) is 8.10. The Morgan fingerprint density at radius 3 is 2.86 bits per heavy atom. The molecule has 0 spiro atoms. The molecule has 0 fully saturated rings. The Morgan fingerprint density at radius 2 is 2.21 bits per heavy atom. The molecule has 2 heterocycles. The zero-order valence-electron chi connectivity index (χ0n) is 7.35. The van der Waals surface area contributed by atoms with Gasteiger partial charge in [0.25, 0.3) is 0 Å². The van der Waals surface area contributed by atoms with Crippen LogP contribution in [0.25, 0.3) is 11.4 Å². The fourth-order valence-corrected chi connectivity index (χ4v) is 1.21. The predicted molar refractivity (Wildman–Crippen MR) is 51.5 cm³/mol. The molecule has 0 saturated carbocycles. The minimum absolute atomic E-state index is 0.238. The molecule has 2 rings (SSSR count). The Hall–Kier alpha value is -1.69. The number of aryl methyl sites for hydroxylation is 1. The molecule has 0 bridgehead atoms. The summed E-state index contributed by atoms with van der Waals surface area (Å²) >= 11 is 5.91. The molecule has 0 radical (unpaired) electrons. The first-order valence-electron chi connectivity index (χ1n) is 3.81. The minimum Gasteiger partial charge on any atom is -0.382 e. The van der Waals surface area contributed by atoms with Crippen LogP contribution in [-0.2, 0) is 7.05 Å². The second kappa shape index (κ2) is 3.22. The van der Waals surface area contributed by atoms with E-state index in [0.29, 0.717) is 16.4 Å². The van der Waals surface area contributed by atoms with Crippen molar-refractivity contribution >= 4 is 17.4 Å². The molecule has 2 N–H and O–H groups in total. The average Bonchev–Trinajstić information content (AvgIpc) is 2.57. The number of nitrogen functional groups attached to an aromatic ring is 1. The molecule has 0 aliphatic carbocycles. The Bertz CT molecular complexity index is 465. The van der Waals surface area contributed by atoms with Crippen molar-refractivity contribution in [3.8, 4) is 11.4 Å². The highest BCUT2D eigenvalue weighted by Crippen LogP contribution is 2.26. The van der Waals surface area contributed by atoms with Gasteiger partial charge in [-0.3, -0.25) is 0 Å². The summed E-state index contributed by atoms with van der Waals surface area (Å²) in [5, 5.41) is 8.27. The topological polar surface area (TPSA) is 82.5 Å². The van der Waals surface area contributed by atoms with E-state index in [1.807, 2.05) is 0 Å². The van der Waals surface area contributed by atoms with E-state index in [-0.39, 0.29) is 5.82 Å². The van der Waals surface area contributed by atoms with Gasteiger partial charge in [-0.25, -0.2) is 9.97 Å². The molecule has 0 amide bonds. The van der Waals surface area contributed by atoms with Crippen LogP contribution < -0.4 is 5.73 Å². The first kappa shape index (κ1) is 8.89. The van der Waals surface area contributed by atoms with Crippen molar-refractivity contribution in [2.45, 2.75) is 0 Å². The predicted octanol–water partition coefficient (Wildman–Crippen LogP) is 0.508. The van der Waals surface area contributed by atoms with E-state index in [9.17, 15) is 0 Å². The maximum atomic E-state index is 5.91. The van der Waals surface area contributed by atoms with Gasteiger partial charge in [-0.05, 0) is 0 Å². The summed E-state index contributed by atoms with van der Waals surface area (Å²) in [4.78, 5) is 9.16. The maximum Gasteiger partial charge on any atom is 0.146 e. The normalized spacial score (nSPS) is 10.4. The fraction of sp³-hybridized carbons (Fsp3) is 0.143. The molecule has 6 nitrogen and oxygen atoms in total. The quantitative estimate of drug-likeness (QED) is 0.742. The summed E-state index contributed by atoms with van der Waals surface area (Å²) in [6, 6.07) is 0. The lowest BCUT2D eigenvalue weighted by Gasteiger charge is -1.99. The van der Waals surface area contributed by atoms with Gasteiger partial charge in [-0.2, -0.15) is 15.0 Å². The standard InChI is InChI=1S/C7H7ClN6/c1-14-12-2-4(13-14)6-5(8)7(9)11-3-10-6/h2-3H,1H3,(H2,9,10,11). The highest BCUT2D eigenvalue weighted by molar-refractivity contribution is 6.35. The van der Waals surface area contributed by atoms with E-state index >= 15 is 0 Å². The van der Waals surface area contributed by atoms with Gasteiger partial charge >= 0.3 is 0 Å². The van der Waals surface area contributed by atoms with Gasteiger partial charge in [0.15, 0.2) is 0 Å². The highest BCUT2D eigenvalue weighted by atomic mass is 35.5. The van der Waals surface area contributed by atoms with Gasteiger partial charge in [-0.15, -0.1) is 0 Å². The Morgan fingerprint density at radius 1 is 1.43 bits per heavy atom. The van der Waals surface area contributed by atoms with Crippen molar-refractivity contribution in [3.63, 3.8) is 0 Å². The third-order valence-corrected chi connectivity index (χ3v) is 2.03. The van der Waals surface area contributed by atoms with Crippen LogP contribution in [0.3, 0.4) is 0 Å². The lowest BCUT2D eigenvalue weighted by atomic mass is 10.3. The lowest BCUT2D eigenvalue weighted by molar-refractivity contribution is 0.655. The lowest BCUT2D eigenvalue weighted by Crippen LogP contribution is -1.97. The van der Waals surface area contributed by atoms with Crippen molar-refractivity contribution < 1.29 is 0 Å². The largest absolute Gasteiger partial charge is 0.382 e. The van der Waals surface area contributed by atoms with Gasteiger partial charge < -0.3 is 5.73 Å². The summed E-state index contributed by atoms with van der Waals surface area (Å²) in [7, 11) is 1.71. The highest BCUT2D eigenvalue weighted by Gasteiger charge is 2.11. The summed E-state index contributed by atoms with van der Waals surface area (Å²) in [5.41, 5.74) is 6.60. The van der Waals surface area contributed by atoms with Crippen molar-refractivity contribution in [2.24, 2.45) is 7.05 Å². The van der Waals surface area contributed by atoms with E-state index in [1.54, 1.807) is 13.2 Å². The SMILES string of the molecule is Cn1ncc(-c2ncnc(N)c2Cl)n1. The van der Waals surface area contributed by atoms with Gasteiger partial charge in [-0.1, -0.05) is 11.6 Å². The van der Waals surface area contributed by atoms with E-state index in [4.69, 9.17) is 17.3 Å². The van der Waals surface area contributed by atoms with Gasteiger partial charge in [0, 0.05) is 7.05 Å². The number of nitrogens with zero attached hydrogens (tertiary/aromatic N) is 5. The first-order chi connectivity index (χ1) is 6.68. The number of hydrogen-bond acceptors (Lipinski definition) is 5. The minimum atomic E-state index is 0.238. The van der Waals surface area contributed by atoms with E-state index in [2.05, 4.69) is 20.2 Å². The molecule has 0 saturated heterocycles. The fourth-order valence-electron chi connectivity index (χ4n) is 1.02. The molecule has 72 valence electrons. The molecule has 2 aromatic heterocycles. The molecule has 0 unspecified atom stereocenters. The van der Waals surface area contributed by atoms with E-state index in [0.717, 1.165) is 0 Å². The summed E-state index contributed by atoms with van der Waals surface area (Å²) < 4.78 is 0. The van der Waals surface area contributed by atoms with Crippen LogP contribution in [0.5, 0.6) is 0 Å². The van der Waals surface area contributed by atoms with Crippen LogP contribution in [0, 0.1) is 0 Å². The number of hydrogen-bond donors (Lipinski definition) is 1. The van der Waals surface area contributed by atoms with Gasteiger partial charge in [0.2, 0.25) is 0 Å². The number of anilines is 1. The molecular formula is C7H7ClN6. The van der Waals surface area contributed by atoms with Crippen molar-refractivity contribution in [2.75, 3.05) is 5.73 Å². The Labute approximate surface area is 84.7 Å². The van der Waals surface area contributed by atoms with Gasteiger partial charge in [0.05, 0.1) is 6.20 Å². The Balaban J connectivity index is 2.57. The molecule has 0 aliphatic heterocycles. The third-order valence-electron chi connectivity index (χ3n) is 1.66. The molecule has 0 aromatic carbocycles. The number of nitrogens with two attached hydrogens (primary N) is 1. The summed E-state index contributed by atoms with van der Waals surface area (Å²) in [5.74, 6) is 0.238. The van der Waals surface area contributed by atoms with Crippen molar-refractivity contribution in [1.29, 1.82) is 0 Å². The molecule has 7 heteroatoms. The average molecular weight is 211 g/mol. The second-order valence-electron chi connectivity index (χ2n) is 2.64. The van der Waals surface area contributed by atoms with E-state index < -0.39 is 0 Å². The van der Waals surface area contributed by atoms with Gasteiger partial charge in [0.1, 0.15) is 28.6 Å². The number of aromatic nitrogens is 5. The van der Waals surface area contributed by atoms with Crippen LogP contribution >= 0.6 is 11.6 Å². The van der Waals surface area contributed by atoms with Crippen molar-refractivity contribution in [3.05, 3.63) is 17.5 Å². The van der Waals surface area contributed by atoms with Crippen molar-refractivity contribution in [1.82, 2.24) is 25.0 Å². The van der Waals surface area contributed by atoms with Crippen LogP contribution in [0.1, 0.15) is 0 Å².